The molecule has 160 valence electrons. The Balaban J connectivity index is 1.36. The highest BCUT2D eigenvalue weighted by Gasteiger charge is 2.28. The fourth-order valence-electron chi connectivity index (χ4n) is 3.78. The van der Waals surface area contributed by atoms with Crippen LogP contribution in [0.5, 0.6) is 0 Å². The summed E-state index contributed by atoms with van der Waals surface area (Å²) in [6.45, 7) is 0. The molecule has 0 N–H and O–H groups in total. The number of nitro groups is 1. The van der Waals surface area contributed by atoms with E-state index in [0.29, 0.717) is 40.1 Å². The molecule has 2 aromatic heterocycles. The molecule has 0 unspecified atom stereocenters. The van der Waals surface area contributed by atoms with Crippen molar-refractivity contribution in [1.82, 2.24) is 19.6 Å². The van der Waals surface area contributed by atoms with Crippen molar-refractivity contribution in [3.63, 3.8) is 0 Å². The summed E-state index contributed by atoms with van der Waals surface area (Å²) in [5, 5.41) is 16.4. The van der Waals surface area contributed by atoms with E-state index in [1.54, 1.807) is 18.3 Å². The van der Waals surface area contributed by atoms with Crippen LogP contribution in [0.3, 0.4) is 0 Å². The summed E-state index contributed by atoms with van der Waals surface area (Å²) in [5.74, 6) is 1.06. The minimum atomic E-state index is -0.424. The van der Waals surface area contributed by atoms with Gasteiger partial charge >= 0.3 is 0 Å². The van der Waals surface area contributed by atoms with Crippen molar-refractivity contribution in [3.8, 4) is 0 Å². The molecule has 0 saturated heterocycles. The van der Waals surface area contributed by atoms with Gasteiger partial charge in [0, 0.05) is 35.5 Å². The summed E-state index contributed by atoms with van der Waals surface area (Å²) in [4.78, 5) is 32.3. The number of aromatic nitrogens is 4. The van der Waals surface area contributed by atoms with Gasteiger partial charge in [-0.05, 0) is 35.6 Å². The molecule has 1 aliphatic rings. The number of nitrogens with zero attached hydrogens (tertiary/aromatic N) is 5. The second kappa shape index (κ2) is 8.33. The van der Waals surface area contributed by atoms with Crippen molar-refractivity contribution in [2.45, 2.75) is 29.7 Å². The normalized spacial score (nSPS) is 15.7. The Bertz CT molecular complexity index is 1360. The van der Waals surface area contributed by atoms with E-state index in [0.717, 1.165) is 16.8 Å². The molecular weight excluding hydrogens is 450 g/mol. The quantitative estimate of drug-likeness (QED) is 0.235. The van der Waals surface area contributed by atoms with Crippen LogP contribution in [-0.2, 0) is 12.2 Å². The number of thioether (sulfide) groups is 1. The van der Waals surface area contributed by atoms with Gasteiger partial charge in [0.2, 0.25) is 5.16 Å². The lowest BCUT2D eigenvalue weighted by Gasteiger charge is -2.23. The first kappa shape index (κ1) is 20.6. The molecule has 0 bridgehead atoms. The first-order valence-electron chi connectivity index (χ1n) is 9.87. The van der Waals surface area contributed by atoms with Crippen molar-refractivity contribution in [2.75, 3.05) is 0 Å². The molecule has 0 saturated carbocycles. The predicted octanol–water partition coefficient (Wildman–Crippen LogP) is 4.89. The average molecular weight is 466 g/mol. The Morgan fingerprint density at radius 2 is 1.97 bits per heavy atom. The number of halogens is 1. The van der Waals surface area contributed by atoms with Crippen molar-refractivity contribution in [3.05, 3.63) is 92.2 Å². The van der Waals surface area contributed by atoms with E-state index >= 15 is 0 Å². The molecule has 5 rings (SSSR count). The van der Waals surface area contributed by atoms with E-state index in [9.17, 15) is 14.9 Å². The minimum absolute atomic E-state index is 0.0289. The SMILES string of the molecule is O=C1C[C@H](c2cccc(Cl)c2)Cc2nc3nc(SCc4ccc([N+](=O)[O-])cc4)nn3cc21. The lowest BCUT2D eigenvalue weighted by Crippen LogP contribution is -2.21. The van der Waals surface area contributed by atoms with Gasteiger partial charge in [-0.1, -0.05) is 47.6 Å². The van der Waals surface area contributed by atoms with Crippen molar-refractivity contribution >= 4 is 40.6 Å². The van der Waals surface area contributed by atoms with Crippen LogP contribution in [0.4, 0.5) is 5.69 Å². The summed E-state index contributed by atoms with van der Waals surface area (Å²) in [6.07, 6.45) is 2.74. The van der Waals surface area contributed by atoms with Gasteiger partial charge in [0.15, 0.2) is 5.78 Å². The molecule has 0 fully saturated rings. The second-order valence-electron chi connectivity index (χ2n) is 7.54. The van der Waals surface area contributed by atoms with Crippen molar-refractivity contribution < 1.29 is 9.72 Å². The van der Waals surface area contributed by atoms with Crippen molar-refractivity contribution in [1.29, 1.82) is 0 Å². The number of carbonyl (C=O) groups excluding carboxylic acids is 1. The number of Topliss-reactive ketones (excluding diaryl/α,β-unsaturated/α-hetero) is 1. The Morgan fingerprint density at radius 3 is 2.72 bits per heavy atom. The van der Waals surface area contributed by atoms with Gasteiger partial charge in [-0.25, -0.2) is 9.50 Å². The van der Waals surface area contributed by atoms with E-state index in [-0.39, 0.29) is 17.4 Å². The smallest absolute Gasteiger partial charge is 0.269 e. The Kier molecular flexibility index (Phi) is 5.36. The van der Waals surface area contributed by atoms with Crippen molar-refractivity contribution in [2.24, 2.45) is 0 Å². The molecule has 32 heavy (non-hydrogen) atoms. The number of hydrogen-bond acceptors (Lipinski definition) is 7. The van der Waals surface area contributed by atoms with Gasteiger partial charge in [-0.3, -0.25) is 14.9 Å². The summed E-state index contributed by atoms with van der Waals surface area (Å²) >= 11 is 7.53. The first-order chi connectivity index (χ1) is 15.5. The third-order valence-electron chi connectivity index (χ3n) is 5.40. The zero-order valence-corrected chi connectivity index (χ0v) is 18.2. The monoisotopic (exact) mass is 465 g/mol. The molecule has 2 heterocycles. The van der Waals surface area contributed by atoms with Crippen LogP contribution in [0.15, 0.2) is 59.9 Å². The van der Waals surface area contributed by atoms with Crippen LogP contribution < -0.4 is 0 Å². The summed E-state index contributed by atoms with van der Waals surface area (Å²) in [6, 6.07) is 14.0. The van der Waals surface area contributed by atoms with Gasteiger partial charge in [0.05, 0.1) is 16.2 Å². The Morgan fingerprint density at radius 1 is 1.16 bits per heavy atom. The van der Waals surface area contributed by atoms with Crippen LogP contribution in [0.25, 0.3) is 5.78 Å². The van der Waals surface area contributed by atoms with Crippen LogP contribution in [0.2, 0.25) is 5.02 Å². The highest BCUT2D eigenvalue weighted by molar-refractivity contribution is 7.98. The third kappa shape index (κ3) is 4.09. The maximum absolute atomic E-state index is 12.8. The lowest BCUT2D eigenvalue weighted by molar-refractivity contribution is -0.384. The second-order valence-corrected chi connectivity index (χ2v) is 8.91. The number of nitro benzene ring substituents is 1. The minimum Gasteiger partial charge on any atom is -0.294 e. The number of fused-ring (bicyclic) bond motifs is 2. The van der Waals surface area contributed by atoms with Crippen LogP contribution in [0, 0.1) is 10.1 Å². The number of hydrogen-bond donors (Lipinski definition) is 0. The fourth-order valence-corrected chi connectivity index (χ4v) is 4.76. The number of ketones is 1. The van der Waals surface area contributed by atoms with Gasteiger partial charge in [-0.15, -0.1) is 5.10 Å². The summed E-state index contributed by atoms with van der Waals surface area (Å²) in [5.41, 5.74) is 3.30. The number of benzene rings is 2. The molecule has 1 aliphatic carbocycles. The first-order valence-corrected chi connectivity index (χ1v) is 11.2. The topological polar surface area (TPSA) is 103 Å². The van der Waals surface area contributed by atoms with Gasteiger partial charge in [0.25, 0.3) is 11.5 Å². The summed E-state index contributed by atoms with van der Waals surface area (Å²) in [7, 11) is 0. The highest BCUT2D eigenvalue weighted by atomic mass is 35.5. The van der Waals surface area contributed by atoms with E-state index in [1.807, 2.05) is 24.3 Å². The highest BCUT2D eigenvalue weighted by Crippen LogP contribution is 2.33. The van der Waals surface area contributed by atoms with E-state index in [1.165, 1.54) is 28.4 Å². The molecular formula is C22H16ClN5O3S. The third-order valence-corrected chi connectivity index (χ3v) is 6.54. The fraction of sp³-hybridized carbons (Fsp3) is 0.182. The standard InChI is InChI=1S/C22H16ClN5O3S/c23-16-3-1-2-14(8-16)15-9-19-18(20(29)10-15)11-27-21(24-19)25-22(26-27)32-12-13-4-6-17(7-5-13)28(30)31/h1-8,11,15H,9-10,12H2/t15-/m1/s1. The number of non-ortho nitro benzene ring substituents is 1. The molecule has 0 spiro atoms. The maximum atomic E-state index is 12.8. The zero-order valence-electron chi connectivity index (χ0n) is 16.6. The van der Waals surface area contributed by atoms with E-state index in [2.05, 4.69) is 15.1 Å². The van der Waals surface area contributed by atoms with Crippen LogP contribution in [0.1, 0.15) is 39.5 Å². The largest absolute Gasteiger partial charge is 0.294 e. The van der Waals surface area contributed by atoms with Crippen LogP contribution in [-0.4, -0.2) is 30.3 Å². The molecule has 10 heteroatoms. The van der Waals surface area contributed by atoms with Crippen LogP contribution >= 0.6 is 23.4 Å². The molecule has 2 aromatic carbocycles. The molecule has 8 nitrogen and oxygen atoms in total. The predicted molar refractivity (Wildman–Crippen MR) is 120 cm³/mol. The molecule has 4 aromatic rings. The molecule has 0 radical (unpaired) electrons. The molecule has 0 aliphatic heterocycles. The molecule has 0 amide bonds. The lowest BCUT2D eigenvalue weighted by atomic mass is 9.82. The average Bonchev–Trinajstić information content (AvgIpc) is 3.18. The zero-order chi connectivity index (χ0) is 22.2. The Hall–Kier alpha value is -3.30. The van der Waals surface area contributed by atoms with Gasteiger partial charge in [-0.2, -0.15) is 4.98 Å². The van der Waals surface area contributed by atoms with E-state index in [4.69, 9.17) is 11.6 Å². The van der Waals surface area contributed by atoms with Gasteiger partial charge < -0.3 is 0 Å². The maximum Gasteiger partial charge on any atom is 0.269 e. The van der Waals surface area contributed by atoms with Gasteiger partial charge in [0.1, 0.15) is 0 Å². The number of carbonyl (C=O) groups is 1. The number of rotatable bonds is 5. The van der Waals surface area contributed by atoms with E-state index < -0.39 is 4.92 Å². The Labute approximate surface area is 191 Å². The molecule has 1 atom stereocenters. The summed E-state index contributed by atoms with van der Waals surface area (Å²) < 4.78 is 1.54.